The lowest BCUT2D eigenvalue weighted by Gasteiger charge is -2.08. The first-order chi connectivity index (χ1) is 8.16. The maximum atomic E-state index is 9.45. The highest BCUT2D eigenvalue weighted by molar-refractivity contribution is 5.29. The molecule has 2 rings (SSSR count). The number of aliphatic hydroxyl groups excluding tert-OH is 1. The molecule has 0 fully saturated rings. The third kappa shape index (κ3) is 2.82. The molecule has 0 saturated carbocycles. The lowest BCUT2D eigenvalue weighted by molar-refractivity contribution is 0.198. The monoisotopic (exact) mass is 234 g/mol. The Morgan fingerprint density at radius 3 is 2.88 bits per heavy atom. The van der Waals surface area contributed by atoms with Crippen LogP contribution in [0.15, 0.2) is 28.9 Å². The summed E-state index contributed by atoms with van der Waals surface area (Å²) < 4.78 is 10.1. The van der Waals surface area contributed by atoms with Crippen LogP contribution in [0.25, 0.3) is 0 Å². The van der Waals surface area contributed by atoms with Gasteiger partial charge in [0, 0.05) is 0 Å². The first kappa shape index (κ1) is 11.6. The van der Waals surface area contributed by atoms with Crippen molar-refractivity contribution in [2.75, 3.05) is 0 Å². The Bertz CT molecular complexity index is 494. The van der Waals surface area contributed by atoms with Gasteiger partial charge in [-0.05, 0) is 31.5 Å². The standard InChI is InChI=1S/C12H14N2O3/c1-8-12(14-17-13-8)7-16-11-5-3-4-10(6-11)9(2)15/h3-6,9,15H,7H2,1-2H3/t9-/m0/s1. The van der Waals surface area contributed by atoms with E-state index >= 15 is 0 Å². The zero-order valence-electron chi connectivity index (χ0n) is 9.75. The second-order valence-electron chi connectivity index (χ2n) is 3.83. The molecule has 17 heavy (non-hydrogen) atoms. The van der Waals surface area contributed by atoms with Gasteiger partial charge < -0.3 is 9.84 Å². The van der Waals surface area contributed by atoms with E-state index in [1.54, 1.807) is 19.9 Å². The molecule has 0 aliphatic carbocycles. The molecule has 1 aromatic heterocycles. The lowest BCUT2D eigenvalue weighted by atomic mass is 10.1. The summed E-state index contributed by atoms with van der Waals surface area (Å²) in [6.07, 6.45) is -0.506. The molecule has 1 aromatic carbocycles. The molecule has 5 nitrogen and oxygen atoms in total. The minimum Gasteiger partial charge on any atom is -0.487 e. The van der Waals surface area contributed by atoms with Crippen LogP contribution < -0.4 is 4.74 Å². The van der Waals surface area contributed by atoms with E-state index in [2.05, 4.69) is 14.9 Å². The number of nitrogens with zero attached hydrogens (tertiary/aromatic N) is 2. The van der Waals surface area contributed by atoms with Crippen LogP contribution in [0.3, 0.4) is 0 Å². The molecule has 0 aliphatic rings. The summed E-state index contributed by atoms with van der Waals surface area (Å²) in [7, 11) is 0. The Balaban J connectivity index is 2.04. The average Bonchev–Trinajstić information content (AvgIpc) is 2.72. The summed E-state index contributed by atoms with van der Waals surface area (Å²) in [4.78, 5) is 0. The van der Waals surface area contributed by atoms with Crippen molar-refractivity contribution >= 4 is 0 Å². The largest absolute Gasteiger partial charge is 0.487 e. The first-order valence-corrected chi connectivity index (χ1v) is 5.35. The zero-order chi connectivity index (χ0) is 12.3. The Kier molecular flexibility index (Phi) is 3.39. The Morgan fingerprint density at radius 1 is 1.41 bits per heavy atom. The second-order valence-corrected chi connectivity index (χ2v) is 3.83. The summed E-state index contributed by atoms with van der Waals surface area (Å²) in [5, 5.41) is 16.8. The molecule has 0 amide bonds. The molecule has 0 radical (unpaired) electrons. The normalized spacial score (nSPS) is 12.4. The molecule has 1 heterocycles. The van der Waals surface area contributed by atoms with Crippen LogP contribution in [0.1, 0.15) is 30.0 Å². The molecular weight excluding hydrogens is 220 g/mol. The molecule has 0 aliphatic heterocycles. The first-order valence-electron chi connectivity index (χ1n) is 5.35. The van der Waals surface area contributed by atoms with Crippen LogP contribution in [-0.4, -0.2) is 15.4 Å². The second kappa shape index (κ2) is 4.97. The molecule has 5 heteroatoms. The van der Waals surface area contributed by atoms with E-state index in [0.717, 1.165) is 11.3 Å². The Labute approximate surface area is 99.0 Å². The van der Waals surface area contributed by atoms with E-state index in [1.807, 2.05) is 18.2 Å². The molecule has 0 bridgehead atoms. The number of benzene rings is 1. The van der Waals surface area contributed by atoms with Gasteiger partial charge in [-0.1, -0.05) is 22.4 Å². The van der Waals surface area contributed by atoms with E-state index < -0.39 is 6.10 Å². The molecule has 0 unspecified atom stereocenters. The van der Waals surface area contributed by atoms with Crippen molar-refractivity contribution in [3.8, 4) is 5.75 Å². The fraction of sp³-hybridized carbons (Fsp3) is 0.333. The smallest absolute Gasteiger partial charge is 0.145 e. The van der Waals surface area contributed by atoms with Gasteiger partial charge in [0.15, 0.2) is 0 Å². The van der Waals surface area contributed by atoms with Gasteiger partial charge >= 0.3 is 0 Å². The van der Waals surface area contributed by atoms with E-state index in [-0.39, 0.29) is 0 Å². The molecule has 90 valence electrons. The maximum Gasteiger partial charge on any atom is 0.145 e. The predicted molar refractivity (Wildman–Crippen MR) is 60.4 cm³/mol. The highest BCUT2D eigenvalue weighted by atomic mass is 16.6. The number of ether oxygens (including phenoxy) is 1. The minimum absolute atomic E-state index is 0.304. The van der Waals surface area contributed by atoms with Crippen molar-refractivity contribution in [1.29, 1.82) is 0 Å². The van der Waals surface area contributed by atoms with Crippen molar-refractivity contribution in [1.82, 2.24) is 10.3 Å². The topological polar surface area (TPSA) is 68.4 Å². The number of aliphatic hydroxyl groups is 1. The van der Waals surface area contributed by atoms with Gasteiger partial charge in [-0.3, -0.25) is 0 Å². The molecule has 1 N–H and O–H groups in total. The van der Waals surface area contributed by atoms with Gasteiger partial charge in [0.2, 0.25) is 0 Å². The van der Waals surface area contributed by atoms with E-state index in [0.29, 0.717) is 18.1 Å². The van der Waals surface area contributed by atoms with Crippen LogP contribution in [-0.2, 0) is 6.61 Å². The fourth-order valence-electron chi connectivity index (χ4n) is 1.40. The van der Waals surface area contributed by atoms with Gasteiger partial charge in [-0.2, -0.15) is 0 Å². The van der Waals surface area contributed by atoms with Crippen molar-refractivity contribution in [2.45, 2.75) is 26.6 Å². The summed E-state index contributed by atoms with van der Waals surface area (Å²) in [6.45, 7) is 3.82. The lowest BCUT2D eigenvalue weighted by Crippen LogP contribution is -1.99. The van der Waals surface area contributed by atoms with E-state index in [4.69, 9.17) is 4.74 Å². The summed E-state index contributed by atoms with van der Waals surface area (Å²) in [6, 6.07) is 7.31. The van der Waals surface area contributed by atoms with Crippen LogP contribution in [0.5, 0.6) is 5.75 Å². The van der Waals surface area contributed by atoms with Gasteiger partial charge in [0.1, 0.15) is 23.7 Å². The zero-order valence-corrected chi connectivity index (χ0v) is 9.75. The minimum atomic E-state index is -0.506. The maximum absolute atomic E-state index is 9.45. The number of rotatable bonds is 4. The van der Waals surface area contributed by atoms with Gasteiger partial charge in [0.25, 0.3) is 0 Å². The average molecular weight is 234 g/mol. The van der Waals surface area contributed by atoms with Crippen LogP contribution in [0.4, 0.5) is 0 Å². The Morgan fingerprint density at radius 2 is 2.24 bits per heavy atom. The molecular formula is C12H14N2O3. The van der Waals surface area contributed by atoms with Crippen molar-refractivity contribution in [3.05, 3.63) is 41.2 Å². The van der Waals surface area contributed by atoms with E-state index in [1.165, 1.54) is 0 Å². The molecule has 1 atom stereocenters. The molecule has 0 saturated heterocycles. The molecule has 0 spiro atoms. The third-order valence-electron chi connectivity index (χ3n) is 2.46. The fourth-order valence-corrected chi connectivity index (χ4v) is 1.40. The Hall–Kier alpha value is -1.88. The van der Waals surface area contributed by atoms with Crippen molar-refractivity contribution < 1.29 is 14.5 Å². The van der Waals surface area contributed by atoms with Gasteiger partial charge in [-0.25, -0.2) is 4.63 Å². The third-order valence-corrected chi connectivity index (χ3v) is 2.46. The highest BCUT2D eigenvalue weighted by Crippen LogP contribution is 2.19. The number of aryl methyl sites for hydroxylation is 1. The van der Waals surface area contributed by atoms with Crippen molar-refractivity contribution in [2.24, 2.45) is 0 Å². The van der Waals surface area contributed by atoms with Gasteiger partial charge in [0.05, 0.1) is 6.10 Å². The van der Waals surface area contributed by atoms with E-state index in [9.17, 15) is 5.11 Å². The predicted octanol–water partition coefficient (Wildman–Crippen LogP) is 2.01. The SMILES string of the molecule is Cc1nonc1COc1cccc([C@H](C)O)c1. The summed E-state index contributed by atoms with van der Waals surface area (Å²) in [5.41, 5.74) is 2.21. The van der Waals surface area contributed by atoms with Crippen LogP contribution in [0.2, 0.25) is 0 Å². The summed E-state index contributed by atoms with van der Waals surface area (Å²) >= 11 is 0. The summed E-state index contributed by atoms with van der Waals surface area (Å²) in [5.74, 6) is 0.686. The van der Waals surface area contributed by atoms with Crippen molar-refractivity contribution in [3.63, 3.8) is 0 Å². The highest BCUT2D eigenvalue weighted by Gasteiger charge is 2.07. The van der Waals surface area contributed by atoms with Gasteiger partial charge in [-0.15, -0.1) is 0 Å². The number of hydrogen-bond acceptors (Lipinski definition) is 5. The van der Waals surface area contributed by atoms with Crippen LogP contribution >= 0.6 is 0 Å². The molecule has 2 aromatic rings. The quantitative estimate of drug-likeness (QED) is 0.876. The number of aromatic nitrogens is 2. The number of hydrogen-bond donors (Lipinski definition) is 1. The van der Waals surface area contributed by atoms with Crippen LogP contribution in [0, 0.1) is 6.92 Å².